The van der Waals surface area contributed by atoms with Crippen molar-refractivity contribution in [1.29, 1.82) is 0 Å². The Morgan fingerprint density at radius 3 is 2.54 bits per heavy atom. The summed E-state index contributed by atoms with van der Waals surface area (Å²) < 4.78 is 6.87. The molecule has 1 N–H and O–H groups in total. The van der Waals surface area contributed by atoms with Gasteiger partial charge >= 0.3 is 5.97 Å². The largest absolute Gasteiger partial charge is 0.465 e. The average molecular weight is 396 g/mol. The molecule has 0 bridgehead atoms. The highest BCUT2D eigenvalue weighted by atomic mass is 35.5. The van der Waals surface area contributed by atoms with E-state index in [1.807, 2.05) is 36.4 Å². The first-order chi connectivity index (χ1) is 13.7. The van der Waals surface area contributed by atoms with Crippen LogP contribution in [0.15, 0.2) is 48.5 Å². The Bertz CT molecular complexity index is 978. The standard InChI is InChI=1S/C22H22ClN3O2/c1-28-22(27)17-4-2-15(3-5-17)14-26-20-11-13-24-12-10-19(20)21(25-26)16-6-8-18(23)9-7-16/h2-9,24H,10-14H2,1H3. The predicted octanol–water partition coefficient (Wildman–Crippen LogP) is 3.73. The van der Waals surface area contributed by atoms with Gasteiger partial charge in [0.05, 0.1) is 24.9 Å². The number of nitrogens with zero attached hydrogens (tertiary/aromatic N) is 2. The molecular weight excluding hydrogens is 374 g/mol. The lowest BCUT2D eigenvalue weighted by Gasteiger charge is -2.08. The molecule has 0 radical (unpaired) electrons. The van der Waals surface area contributed by atoms with Gasteiger partial charge in [0.25, 0.3) is 0 Å². The second-order valence-corrected chi connectivity index (χ2v) is 7.31. The van der Waals surface area contributed by atoms with E-state index in [0.717, 1.165) is 47.8 Å². The van der Waals surface area contributed by atoms with E-state index < -0.39 is 0 Å². The van der Waals surface area contributed by atoms with Crippen molar-refractivity contribution in [1.82, 2.24) is 15.1 Å². The molecule has 0 atom stereocenters. The Hall–Kier alpha value is -2.63. The van der Waals surface area contributed by atoms with Crippen molar-refractivity contribution in [2.45, 2.75) is 19.4 Å². The summed E-state index contributed by atoms with van der Waals surface area (Å²) in [6.07, 6.45) is 1.89. The number of methoxy groups -OCH3 is 1. The first-order valence-electron chi connectivity index (χ1n) is 9.38. The molecule has 144 valence electrons. The number of benzene rings is 2. The molecule has 2 heterocycles. The molecule has 4 rings (SSSR count). The molecule has 3 aromatic rings. The molecule has 2 aromatic carbocycles. The molecule has 0 spiro atoms. The van der Waals surface area contributed by atoms with Gasteiger partial charge in [-0.15, -0.1) is 0 Å². The van der Waals surface area contributed by atoms with Crippen LogP contribution in [0.1, 0.15) is 27.2 Å². The molecule has 1 aliphatic rings. The maximum absolute atomic E-state index is 11.6. The van der Waals surface area contributed by atoms with Gasteiger partial charge in [-0.1, -0.05) is 35.9 Å². The SMILES string of the molecule is COC(=O)c1ccc(Cn2nc(-c3ccc(Cl)cc3)c3c2CCNCC3)cc1. The van der Waals surface area contributed by atoms with Gasteiger partial charge in [-0.25, -0.2) is 4.79 Å². The molecule has 0 saturated carbocycles. The van der Waals surface area contributed by atoms with Crippen LogP contribution in [-0.4, -0.2) is 35.9 Å². The topological polar surface area (TPSA) is 56.2 Å². The number of halogens is 1. The van der Waals surface area contributed by atoms with E-state index in [4.69, 9.17) is 21.4 Å². The molecule has 0 amide bonds. The normalized spacial score (nSPS) is 13.6. The summed E-state index contributed by atoms with van der Waals surface area (Å²) in [4.78, 5) is 11.6. The van der Waals surface area contributed by atoms with Crippen LogP contribution < -0.4 is 5.32 Å². The van der Waals surface area contributed by atoms with Gasteiger partial charge in [0, 0.05) is 34.8 Å². The third kappa shape index (κ3) is 3.81. The van der Waals surface area contributed by atoms with E-state index in [9.17, 15) is 4.79 Å². The van der Waals surface area contributed by atoms with Crippen LogP contribution in [0, 0.1) is 0 Å². The second kappa shape index (κ2) is 8.17. The highest BCUT2D eigenvalue weighted by molar-refractivity contribution is 6.30. The molecular formula is C22H22ClN3O2. The number of carbonyl (C=O) groups excluding carboxylic acids is 1. The van der Waals surface area contributed by atoms with Crippen molar-refractivity contribution in [3.05, 3.63) is 75.9 Å². The van der Waals surface area contributed by atoms with Crippen molar-refractivity contribution < 1.29 is 9.53 Å². The minimum atomic E-state index is -0.324. The van der Waals surface area contributed by atoms with Crippen LogP contribution in [0.5, 0.6) is 0 Å². The first-order valence-corrected chi connectivity index (χ1v) is 9.76. The molecule has 0 saturated heterocycles. The zero-order valence-corrected chi connectivity index (χ0v) is 16.5. The molecule has 0 unspecified atom stereocenters. The van der Waals surface area contributed by atoms with E-state index in [1.165, 1.54) is 18.4 Å². The van der Waals surface area contributed by atoms with E-state index in [1.54, 1.807) is 12.1 Å². The smallest absolute Gasteiger partial charge is 0.337 e. The van der Waals surface area contributed by atoms with Crippen molar-refractivity contribution in [2.24, 2.45) is 0 Å². The molecule has 6 heteroatoms. The number of fused-ring (bicyclic) bond motifs is 1. The van der Waals surface area contributed by atoms with Crippen molar-refractivity contribution >= 4 is 17.6 Å². The monoisotopic (exact) mass is 395 g/mol. The van der Waals surface area contributed by atoms with Crippen LogP contribution in [0.25, 0.3) is 11.3 Å². The third-order valence-corrected chi connectivity index (χ3v) is 5.33. The zero-order chi connectivity index (χ0) is 19.5. The highest BCUT2D eigenvalue weighted by Crippen LogP contribution is 2.29. The van der Waals surface area contributed by atoms with E-state index in [2.05, 4.69) is 10.00 Å². The van der Waals surface area contributed by atoms with Gasteiger partial charge in [-0.3, -0.25) is 4.68 Å². The maximum atomic E-state index is 11.6. The Morgan fingerprint density at radius 2 is 1.82 bits per heavy atom. The lowest BCUT2D eigenvalue weighted by Crippen LogP contribution is -2.17. The predicted molar refractivity (Wildman–Crippen MR) is 110 cm³/mol. The average Bonchev–Trinajstić information content (AvgIpc) is 2.90. The number of esters is 1. The van der Waals surface area contributed by atoms with Crippen molar-refractivity contribution in [3.63, 3.8) is 0 Å². The fourth-order valence-corrected chi connectivity index (χ4v) is 3.76. The van der Waals surface area contributed by atoms with Crippen LogP contribution in [0.4, 0.5) is 0 Å². The lowest BCUT2D eigenvalue weighted by atomic mass is 10.0. The summed E-state index contributed by atoms with van der Waals surface area (Å²) in [6.45, 7) is 2.56. The Kier molecular flexibility index (Phi) is 5.46. The van der Waals surface area contributed by atoms with Crippen molar-refractivity contribution in [3.8, 4) is 11.3 Å². The van der Waals surface area contributed by atoms with E-state index in [0.29, 0.717) is 12.1 Å². The Morgan fingerprint density at radius 1 is 1.11 bits per heavy atom. The van der Waals surface area contributed by atoms with Crippen LogP contribution in [0.3, 0.4) is 0 Å². The quantitative estimate of drug-likeness (QED) is 0.684. The fraction of sp³-hybridized carbons (Fsp3) is 0.273. The van der Waals surface area contributed by atoms with Gasteiger partial charge < -0.3 is 10.1 Å². The zero-order valence-electron chi connectivity index (χ0n) is 15.7. The van der Waals surface area contributed by atoms with Crippen LogP contribution >= 0.6 is 11.6 Å². The van der Waals surface area contributed by atoms with Gasteiger partial charge in [0.1, 0.15) is 0 Å². The number of nitrogens with one attached hydrogen (secondary N) is 1. The van der Waals surface area contributed by atoms with Gasteiger partial charge in [-0.05, 0) is 42.8 Å². The molecule has 28 heavy (non-hydrogen) atoms. The van der Waals surface area contributed by atoms with Gasteiger partial charge in [-0.2, -0.15) is 5.10 Å². The molecule has 5 nitrogen and oxygen atoms in total. The lowest BCUT2D eigenvalue weighted by molar-refractivity contribution is 0.0600. The van der Waals surface area contributed by atoms with Crippen LogP contribution in [0.2, 0.25) is 5.02 Å². The minimum Gasteiger partial charge on any atom is -0.465 e. The Balaban J connectivity index is 1.68. The summed E-state index contributed by atoms with van der Waals surface area (Å²) in [7, 11) is 1.39. The number of carbonyl (C=O) groups is 1. The third-order valence-electron chi connectivity index (χ3n) is 5.08. The number of ether oxygens (including phenoxy) is 1. The summed E-state index contributed by atoms with van der Waals surface area (Å²) in [5.41, 5.74) is 6.34. The number of hydrogen-bond donors (Lipinski definition) is 1. The summed E-state index contributed by atoms with van der Waals surface area (Å²) in [6, 6.07) is 15.4. The van der Waals surface area contributed by atoms with Gasteiger partial charge in [0.2, 0.25) is 0 Å². The molecule has 0 fully saturated rings. The highest BCUT2D eigenvalue weighted by Gasteiger charge is 2.20. The number of hydrogen-bond acceptors (Lipinski definition) is 4. The van der Waals surface area contributed by atoms with E-state index >= 15 is 0 Å². The van der Waals surface area contributed by atoms with E-state index in [-0.39, 0.29) is 5.97 Å². The summed E-state index contributed by atoms with van der Waals surface area (Å²) >= 11 is 6.06. The Labute approximate surface area is 169 Å². The fourth-order valence-electron chi connectivity index (χ4n) is 3.63. The summed E-state index contributed by atoms with van der Waals surface area (Å²) in [5.74, 6) is -0.324. The maximum Gasteiger partial charge on any atom is 0.337 e. The number of rotatable bonds is 4. The minimum absolute atomic E-state index is 0.324. The molecule has 0 aliphatic carbocycles. The second-order valence-electron chi connectivity index (χ2n) is 6.88. The first kappa shape index (κ1) is 18.7. The van der Waals surface area contributed by atoms with Gasteiger partial charge in [0.15, 0.2) is 0 Å². The molecule has 1 aromatic heterocycles. The molecule has 1 aliphatic heterocycles. The number of aromatic nitrogens is 2. The van der Waals surface area contributed by atoms with Crippen molar-refractivity contribution in [2.75, 3.05) is 20.2 Å². The summed E-state index contributed by atoms with van der Waals surface area (Å²) in [5, 5.41) is 9.15. The van der Waals surface area contributed by atoms with Crippen LogP contribution in [-0.2, 0) is 24.1 Å².